The molecule has 1 N–H and O–H groups in total. The summed E-state index contributed by atoms with van der Waals surface area (Å²) in [5.41, 5.74) is 2.55. The number of benzene rings is 1. The molecule has 2 amide bonds. The summed E-state index contributed by atoms with van der Waals surface area (Å²) in [7, 11) is 1.99. The summed E-state index contributed by atoms with van der Waals surface area (Å²) < 4.78 is 7.54. The number of amides is 2. The monoisotopic (exact) mass is 491 g/mol. The Morgan fingerprint density at radius 2 is 1.78 bits per heavy atom. The Kier molecular flexibility index (Phi) is 7.94. The van der Waals surface area contributed by atoms with Gasteiger partial charge >= 0.3 is 6.09 Å². The number of hydrogen-bond donors (Lipinski definition) is 1. The summed E-state index contributed by atoms with van der Waals surface area (Å²) in [6.07, 6.45) is 4.57. The number of hydrogen-bond acceptors (Lipinski definition) is 5. The Bertz CT molecular complexity index is 1180. The molecule has 36 heavy (non-hydrogen) atoms. The highest BCUT2D eigenvalue weighted by Crippen LogP contribution is 2.22. The van der Waals surface area contributed by atoms with E-state index in [2.05, 4.69) is 31.9 Å². The van der Waals surface area contributed by atoms with E-state index in [0.717, 1.165) is 48.2 Å². The Morgan fingerprint density at radius 3 is 2.47 bits per heavy atom. The number of alkyl carbamates (subject to hydrolysis) is 1. The summed E-state index contributed by atoms with van der Waals surface area (Å²) in [5, 5.41) is 3.95. The molecule has 0 aliphatic carbocycles. The van der Waals surface area contributed by atoms with E-state index in [1.54, 1.807) is 0 Å². The number of nitrogens with zero attached hydrogens (tertiary/aromatic N) is 4. The molecule has 1 aliphatic heterocycles. The number of nitrogens with one attached hydrogen (secondary N) is 1. The number of aryl methyl sites for hydroxylation is 1. The van der Waals surface area contributed by atoms with Crippen molar-refractivity contribution in [3.63, 3.8) is 0 Å². The van der Waals surface area contributed by atoms with Gasteiger partial charge in [-0.05, 0) is 44.5 Å². The highest BCUT2D eigenvalue weighted by Gasteiger charge is 2.31. The first kappa shape index (κ1) is 25.7. The number of carbonyl (C=O) groups excluding carboxylic acids is 2. The molecule has 1 fully saturated rings. The van der Waals surface area contributed by atoms with Crippen LogP contribution in [0.2, 0.25) is 0 Å². The van der Waals surface area contributed by atoms with Crippen LogP contribution in [0.3, 0.4) is 0 Å². The lowest BCUT2D eigenvalue weighted by molar-refractivity contribution is -0.135. The van der Waals surface area contributed by atoms with Crippen molar-refractivity contribution in [3.05, 3.63) is 66.1 Å². The van der Waals surface area contributed by atoms with Crippen LogP contribution in [-0.2, 0) is 29.4 Å². The zero-order valence-electron chi connectivity index (χ0n) is 21.7. The van der Waals surface area contributed by atoms with E-state index in [1.807, 2.05) is 75.4 Å². The third kappa shape index (κ3) is 6.63. The largest absolute Gasteiger partial charge is 0.444 e. The molecule has 192 valence electrons. The van der Waals surface area contributed by atoms with Crippen LogP contribution in [0.15, 0.2) is 54.9 Å². The maximum Gasteiger partial charge on any atom is 0.408 e. The van der Waals surface area contributed by atoms with E-state index in [4.69, 9.17) is 4.74 Å². The van der Waals surface area contributed by atoms with Gasteiger partial charge in [0, 0.05) is 81.6 Å². The number of piperazine rings is 1. The molecule has 3 aromatic rings. The number of para-hydroxylation sites is 1. The van der Waals surface area contributed by atoms with Gasteiger partial charge in [-0.1, -0.05) is 24.3 Å². The zero-order valence-corrected chi connectivity index (χ0v) is 21.7. The molecule has 0 bridgehead atoms. The van der Waals surface area contributed by atoms with Gasteiger partial charge in [-0.3, -0.25) is 14.7 Å². The molecule has 1 aliphatic rings. The van der Waals surface area contributed by atoms with E-state index in [-0.39, 0.29) is 5.91 Å². The van der Waals surface area contributed by atoms with Gasteiger partial charge in [0.2, 0.25) is 5.91 Å². The highest BCUT2D eigenvalue weighted by molar-refractivity contribution is 5.88. The Labute approximate surface area is 213 Å². The number of pyridine rings is 1. The van der Waals surface area contributed by atoms with E-state index >= 15 is 0 Å². The fourth-order valence-corrected chi connectivity index (χ4v) is 4.69. The molecule has 0 spiro atoms. The molecule has 8 nitrogen and oxygen atoms in total. The van der Waals surface area contributed by atoms with Crippen LogP contribution in [0.5, 0.6) is 0 Å². The minimum Gasteiger partial charge on any atom is -0.444 e. The maximum absolute atomic E-state index is 13.7. The number of carbonyl (C=O) groups is 2. The predicted molar refractivity (Wildman–Crippen MR) is 141 cm³/mol. The summed E-state index contributed by atoms with van der Waals surface area (Å²) >= 11 is 0. The van der Waals surface area contributed by atoms with Gasteiger partial charge in [0.05, 0.1) is 0 Å². The lowest BCUT2D eigenvalue weighted by Crippen LogP contribution is -2.56. The first-order valence-electron chi connectivity index (χ1n) is 12.6. The first-order valence-corrected chi connectivity index (χ1v) is 12.6. The molecule has 1 atom stereocenters. The van der Waals surface area contributed by atoms with Gasteiger partial charge in [0.25, 0.3) is 0 Å². The van der Waals surface area contributed by atoms with E-state index in [0.29, 0.717) is 19.5 Å². The second kappa shape index (κ2) is 11.1. The predicted octanol–water partition coefficient (Wildman–Crippen LogP) is 3.40. The van der Waals surface area contributed by atoms with E-state index in [1.165, 1.54) is 0 Å². The second-order valence-corrected chi connectivity index (χ2v) is 10.4. The average Bonchev–Trinajstić information content (AvgIpc) is 3.17. The van der Waals surface area contributed by atoms with Crippen molar-refractivity contribution in [2.45, 2.75) is 45.3 Å². The SMILES string of the molecule is Cn1cc(CC(NC(=O)OC(C)(C)C)C(=O)N2CCN(CCc3ccccn3)CC2)c2ccccc21. The number of ether oxygens (including phenoxy) is 1. The molecule has 0 saturated carbocycles. The molecular weight excluding hydrogens is 454 g/mol. The van der Waals surface area contributed by atoms with Crippen LogP contribution >= 0.6 is 0 Å². The lowest BCUT2D eigenvalue weighted by atomic mass is 10.0. The van der Waals surface area contributed by atoms with Crippen LogP contribution in [0, 0.1) is 0 Å². The van der Waals surface area contributed by atoms with Crippen LogP contribution in [0.4, 0.5) is 4.79 Å². The minimum absolute atomic E-state index is 0.0711. The third-order valence-electron chi connectivity index (χ3n) is 6.49. The van der Waals surface area contributed by atoms with Crippen molar-refractivity contribution >= 4 is 22.9 Å². The Hall–Kier alpha value is -3.39. The van der Waals surface area contributed by atoms with Crippen molar-refractivity contribution in [3.8, 4) is 0 Å². The summed E-state index contributed by atoms with van der Waals surface area (Å²) in [4.78, 5) is 34.9. The maximum atomic E-state index is 13.7. The number of aromatic nitrogens is 2. The smallest absolute Gasteiger partial charge is 0.408 e. The first-order chi connectivity index (χ1) is 17.2. The van der Waals surface area contributed by atoms with Crippen LogP contribution in [-0.4, -0.2) is 75.7 Å². The van der Waals surface area contributed by atoms with Crippen molar-refractivity contribution < 1.29 is 14.3 Å². The summed E-state index contributed by atoms with van der Waals surface area (Å²) in [6.45, 7) is 9.22. The molecule has 1 aromatic carbocycles. The van der Waals surface area contributed by atoms with Crippen LogP contribution < -0.4 is 5.32 Å². The van der Waals surface area contributed by atoms with Gasteiger partial charge < -0.3 is 19.5 Å². The standard InChI is InChI=1S/C28H37N5O3/c1-28(2,3)36-27(35)30-24(19-21-20-31(4)25-11-6-5-10-23(21)25)26(34)33-17-15-32(16-18-33)14-12-22-9-7-8-13-29-22/h5-11,13,20,24H,12,14-19H2,1-4H3,(H,30,35). The van der Waals surface area contributed by atoms with Gasteiger partial charge in [-0.15, -0.1) is 0 Å². The van der Waals surface area contributed by atoms with Gasteiger partial charge in [0.15, 0.2) is 0 Å². The summed E-state index contributed by atoms with van der Waals surface area (Å²) in [6, 6.07) is 13.4. The van der Waals surface area contributed by atoms with Gasteiger partial charge in [0.1, 0.15) is 11.6 Å². The van der Waals surface area contributed by atoms with Crippen molar-refractivity contribution in [2.75, 3.05) is 32.7 Å². The van der Waals surface area contributed by atoms with Gasteiger partial charge in [-0.25, -0.2) is 4.79 Å². The second-order valence-electron chi connectivity index (χ2n) is 10.4. The number of fused-ring (bicyclic) bond motifs is 1. The third-order valence-corrected chi connectivity index (χ3v) is 6.49. The molecule has 2 aromatic heterocycles. The highest BCUT2D eigenvalue weighted by atomic mass is 16.6. The normalized spacial score (nSPS) is 15.6. The Balaban J connectivity index is 1.43. The number of rotatable bonds is 7. The van der Waals surface area contributed by atoms with Crippen molar-refractivity contribution in [2.24, 2.45) is 7.05 Å². The molecule has 1 saturated heterocycles. The lowest BCUT2D eigenvalue weighted by Gasteiger charge is -2.36. The average molecular weight is 492 g/mol. The van der Waals surface area contributed by atoms with E-state index < -0.39 is 17.7 Å². The fourth-order valence-electron chi connectivity index (χ4n) is 4.69. The molecule has 1 unspecified atom stereocenters. The molecule has 4 rings (SSSR count). The molecule has 0 radical (unpaired) electrons. The molecule has 8 heteroatoms. The Morgan fingerprint density at radius 1 is 1.06 bits per heavy atom. The van der Waals surface area contributed by atoms with Crippen molar-refractivity contribution in [1.82, 2.24) is 24.7 Å². The quantitative estimate of drug-likeness (QED) is 0.548. The van der Waals surface area contributed by atoms with Crippen LogP contribution in [0.25, 0.3) is 10.9 Å². The topological polar surface area (TPSA) is 79.7 Å². The molecular formula is C28H37N5O3. The fraction of sp³-hybridized carbons (Fsp3) is 0.464. The van der Waals surface area contributed by atoms with E-state index in [9.17, 15) is 9.59 Å². The van der Waals surface area contributed by atoms with Gasteiger partial charge in [-0.2, -0.15) is 0 Å². The van der Waals surface area contributed by atoms with Crippen molar-refractivity contribution in [1.29, 1.82) is 0 Å². The summed E-state index contributed by atoms with van der Waals surface area (Å²) in [5.74, 6) is -0.0711. The molecule has 3 heterocycles. The minimum atomic E-state index is -0.703. The zero-order chi connectivity index (χ0) is 25.7. The van der Waals surface area contributed by atoms with Crippen LogP contribution in [0.1, 0.15) is 32.0 Å².